The molecular weight excluding hydrogens is 273 g/mol. The number of alkyl halides is 3. The van der Waals surface area contributed by atoms with Crippen LogP contribution in [0.5, 0.6) is 11.8 Å². The minimum absolute atomic E-state index is 0.0247. The smallest absolute Gasteiger partial charge is 0.416 e. The summed E-state index contributed by atoms with van der Waals surface area (Å²) in [6.45, 7) is 3.22. The number of oxazole rings is 1. The monoisotopic (exact) mass is 286 g/mol. The molecule has 1 aromatic carbocycles. The second-order valence-electron chi connectivity index (χ2n) is 4.01. The number of ether oxygens (including phenoxy) is 1. The molecule has 7 heteroatoms. The summed E-state index contributed by atoms with van der Waals surface area (Å²) in [5.74, 6) is 0.0247. The van der Waals surface area contributed by atoms with Crippen LogP contribution in [0.15, 0.2) is 34.9 Å². The molecule has 108 valence electrons. The lowest BCUT2D eigenvalue weighted by Gasteiger charge is -2.07. The summed E-state index contributed by atoms with van der Waals surface area (Å²) >= 11 is 0. The van der Waals surface area contributed by atoms with E-state index >= 15 is 0 Å². The third-order valence-electron chi connectivity index (χ3n) is 2.45. The highest BCUT2D eigenvalue weighted by molar-refractivity contribution is 5.31. The van der Waals surface area contributed by atoms with Gasteiger partial charge in [0.25, 0.3) is 0 Å². The molecule has 4 nitrogen and oxygen atoms in total. The van der Waals surface area contributed by atoms with Crippen molar-refractivity contribution in [3.05, 3.63) is 41.8 Å². The number of nitrogens with zero attached hydrogens (tertiary/aromatic N) is 1. The molecule has 0 amide bonds. The quantitative estimate of drug-likeness (QED) is 0.912. The molecule has 1 aromatic heterocycles. The van der Waals surface area contributed by atoms with Gasteiger partial charge in [0.2, 0.25) is 0 Å². The van der Waals surface area contributed by atoms with Crippen molar-refractivity contribution in [1.82, 2.24) is 10.3 Å². The van der Waals surface area contributed by atoms with Gasteiger partial charge < -0.3 is 14.5 Å². The van der Waals surface area contributed by atoms with Crippen molar-refractivity contribution >= 4 is 0 Å². The SMILES string of the molecule is CCNCc1coc(Oc2cccc(C(F)(F)F)c2)n1. The Morgan fingerprint density at radius 3 is 2.85 bits per heavy atom. The van der Waals surface area contributed by atoms with E-state index in [0.29, 0.717) is 12.2 Å². The van der Waals surface area contributed by atoms with E-state index in [0.717, 1.165) is 18.7 Å². The number of hydrogen-bond acceptors (Lipinski definition) is 4. The topological polar surface area (TPSA) is 47.3 Å². The van der Waals surface area contributed by atoms with Crippen molar-refractivity contribution in [1.29, 1.82) is 0 Å². The van der Waals surface area contributed by atoms with Gasteiger partial charge in [-0.2, -0.15) is 18.2 Å². The number of benzene rings is 1. The van der Waals surface area contributed by atoms with Crippen LogP contribution in [0.1, 0.15) is 18.2 Å². The Hall–Kier alpha value is -2.02. The first-order valence-corrected chi connectivity index (χ1v) is 5.99. The predicted molar refractivity (Wildman–Crippen MR) is 65.4 cm³/mol. The summed E-state index contributed by atoms with van der Waals surface area (Å²) in [4.78, 5) is 4.00. The van der Waals surface area contributed by atoms with Gasteiger partial charge in [-0.1, -0.05) is 13.0 Å². The molecule has 0 atom stereocenters. The minimum atomic E-state index is -4.41. The third kappa shape index (κ3) is 3.74. The Morgan fingerprint density at radius 1 is 1.35 bits per heavy atom. The van der Waals surface area contributed by atoms with E-state index in [9.17, 15) is 13.2 Å². The van der Waals surface area contributed by atoms with Crippen LogP contribution >= 0.6 is 0 Å². The molecular formula is C13H13F3N2O2. The van der Waals surface area contributed by atoms with E-state index in [4.69, 9.17) is 9.15 Å². The largest absolute Gasteiger partial charge is 0.417 e. The summed E-state index contributed by atoms with van der Waals surface area (Å²) in [7, 11) is 0. The molecule has 0 fully saturated rings. The predicted octanol–water partition coefficient (Wildman–Crippen LogP) is 3.60. The van der Waals surface area contributed by atoms with E-state index in [1.807, 2.05) is 6.92 Å². The molecule has 2 aromatic rings. The Kier molecular flexibility index (Phi) is 4.29. The zero-order chi connectivity index (χ0) is 14.6. The zero-order valence-electron chi connectivity index (χ0n) is 10.7. The van der Waals surface area contributed by atoms with Gasteiger partial charge in [0.05, 0.1) is 11.3 Å². The molecule has 1 N–H and O–H groups in total. The average Bonchev–Trinajstić information content (AvgIpc) is 2.83. The molecule has 0 bridgehead atoms. The van der Waals surface area contributed by atoms with Crippen molar-refractivity contribution in [2.75, 3.05) is 6.54 Å². The Bertz CT molecular complexity index is 567. The first-order valence-electron chi connectivity index (χ1n) is 5.99. The second kappa shape index (κ2) is 5.96. The van der Waals surface area contributed by atoms with Gasteiger partial charge in [-0.25, -0.2) is 0 Å². The van der Waals surface area contributed by atoms with Gasteiger partial charge in [-0.3, -0.25) is 0 Å². The Labute approximate surface area is 113 Å². The molecule has 0 aliphatic rings. The average molecular weight is 286 g/mol. The number of halogens is 3. The molecule has 0 unspecified atom stereocenters. The van der Waals surface area contributed by atoms with E-state index in [1.54, 1.807) is 0 Å². The fraction of sp³-hybridized carbons (Fsp3) is 0.308. The van der Waals surface area contributed by atoms with E-state index in [1.165, 1.54) is 18.4 Å². The van der Waals surface area contributed by atoms with Crippen LogP contribution in [0.2, 0.25) is 0 Å². The van der Waals surface area contributed by atoms with Crippen LogP contribution in [0.4, 0.5) is 13.2 Å². The van der Waals surface area contributed by atoms with E-state index in [-0.39, 0.29) is 11.8 Å². The molecule has 2 rings (SSSR count). The van der Waals surface area contributed by atoms with Gasteiger partial charge in [0, 0.05) is 6.54 Å². The first kappa shape index (κ1) is 14.4. The van der Waals surface area contributed by atoms with Crippen molar-refractivity contribution in [3.63, 3.8) is 0 Å². The van der Waals surface area contributed by atoms with Crippen LogP contribution < -0.4 is 10.1 Å². The van der Waals surface area contributed by atoms with Crippen molar-refractivity contribution < 1.29 is 22.3 Å². The molecule has 0 spiro atoms. The highest BCUT2D eigenvalue weighted by Crippen LogP contribution is 2.32. The lowest BCUT2D eigenvalue weighted by molar-refractivity contribution is -0.137. The molecule has 1 heterocycles. The number of aromatic nitrogens is 1. The minimum Gasteiger partial charge on any atom is -0.417 e. The lowest BCUT2D eigenvalue weighted by atomic mass is 10.2. The van der Waals surface area contributed by atoms with Crippen LogP contribution in [0.3, 0.4) is 0 Å². The molecule has 0 aliphatic heterocycles. The maximum Gasteiger partial charge on any atom is 0.416 e. The number of nitrogens with one attached hydrogen (secondary N) is 1. The maximum atomic E-state index is 12.5. The fourth-order valence-corrected chi connectivity index (χ4v) is 1.51. The van der Waals surface area contributed by atoms with Crippen LogP contribution in [0.25, 0.3) is 0 Å². The van der Waals surface area contributed by atoms with Gasteiger partial charge in [0.1, 0.15) is 12.0 Å². The first-order chi connectivity index (χ1) is 9.49. The normalized spacial score (nSPS) is 11.6. The van der Waals surface area contributed by atoms with Gasteiger partial charge in [0.15, 0.2) is 0 Å². The van der Waals surface area contributed by atoms with Crippen LogP contribution in [0, 0.1) is 0 Å². The molecule has 0 aliphatic carbocycles. The van der Waals surface area contributed by atoms with Gasteiger partial charge in [-0.05, 0) is 24.7 Å². The van der Waals surface area contributed by atoms with Gasteiger partial charge >= 0.3 is 12.3 Å². The van der Waals surface area contributed by atoms with Crippen molar-refractivity contribution in [3.8, 4) is 11.8 Å². The van der Waals surface area contributed by atoms with E-state index in [2.05, 4.69) is 10.3 Å². The standard InChI is InChI=1S/C13H13F3N2O2/c1-2-17-7-10-8-19-12(18-10)20-11-5-3-4-9(6-11)13(14,15)16/h3-6,8,17H,2,7H2,1H3. The summed E-state index contributed by atoms with van der Waals surface area (Å²) in [5.41, 5.74) is -0.164. The second-order valence-corrected chi connectivity index (χ2v) is 4.01. The van der Waals surface area contributed by atoms with Crippen LogP contribution in [-0.2, 0) is 12.7 Å². The number of rotatable bonds is 5. The molecule has 20 heavy (non-hydrogen) atoms. The Morgan fingerprint density at radius 2 is 2.15 bits per heavy atom. The zero-order valence-corrected chi connectivity index (χ0v) is 10.7. The third-order valence-corrected chi connectivity index (χ3v) is 2.45. The maximum absolute atomic E-state index is 12.5. The lowest BCUT2D eigenvalue weighted by Crippen LogP contribution is -2.11. The molecule has 0 saturated heterocycles. The summed E-state index contributed by atoms with van der Waals surface area (Å²) < 4.78 is 47.8. The van der Waals surface area contributed by atoms with Crippen molar-refractivity contribution in [2.24, 2.45) is 0 Å². The summed E-state index contributed by atoms with van der Waals surface area (Å²) in [5, 5.41) is 3.04. The van der Waals surface area contributed by atoms with Crippen molar-refractivity contribution in [2.45, 2.75) is 19.6 Å². The summed E-state index contributed by atoms with van der Waals surface area (Å²) in [6.07, 6.45) is -3.10. The highest BCUT2D eigenvalue weighted by Gasteiger charge is 2.30. The van der Waals surface area contributed by atoms with E-state index < -0.39 is 11.7 Å². The van der Waals surface area contributed by atoms with Gasteiger partial charge in [-0.15, -0.1) is 0 Å². The van der Waals surface area contributed by atoms with Crippen LogP contribution in [-0.4, -0.2) is 11.5 Å². The fourth-order valence-electron chi connectivity index (χ4n) is 1.51. The highest BCUT2D eigenvalue weighted by atomic mass is 19.4. The Balaban J connectivity index is 2.08. The summed E-state index contributed by atoms with van der Waals surface area (Å²) in [6, 6.07) is 4.54. The number of hydrogen-bond donors (Lipinski definition) is 1. The molecule has 0 radical (unpaired) electrons. The molecule has 0 saturated carbocycles.